The predicted octanol–water partition coefficient (Wildman–Crippen LogP) is 9.31. The van der Waals surface area contributed by atoms with E-state index < -0.39 is 12.6 Å². The van der Waals surface area contributed by atoms with Crippen LogP contribution in [0.4, 0.5) is 0 Å². The molecule has 0 saturated carbocycles. The number of phenolic OH excluding ortho intramolecular Hbond substituents is 2. The van der Waals surface area contributed by atoms with Crippen molar-refractivity contribution >= 4 is 11.9 Å². The van der Waals surface area contributed by atoms with Gasteiger partial charge in [-0.1, -0.05) is 93.5 Å². The van der Waals surface area contributed by atoms with E-state index in [0.717, 1.165) is 46.2 Å². The molecule has 0 aliphatic carbocycles. The molecule has 2 heterocycles. The average molecular weight is 797 g/mol. The molecule has 10 nitrogen and oxygen atoms in total. The third-order valence-corrected chi connectivity index (χ3v) is 11.5. The lowest BCUT2D eigenvalue weighted by molar-refractivity contribution is -0.335. The van der Waals surface area contributed by atoms with Gasteiger partial charge in [0.25, 0.3) is 0 Å². The summed E-state index contributed by atoms with van der Waals surface area (Å²) in [4.78, 5) is 25.1. The lowest BCUT2D eigenvalue weighted by Crippen LogP contribution is -2.56. The van der Waals surface area contributed by atoms with Gasteiger partial charge in [0, 0.05) is 23.7 Å². The molecule has 57 heavy (non-hydrogen) atoms. The Bertz CT molecular complexity index is 1540. The van der Waals surface area contributed by atoms with E-state index in [9.17, 15) is 19.8 Å². The van der Waals surface area contributed by atoms with Gasteiger partial charge in [-0.15, -0.1) is 0 Å². The molecular weight excluding hydrogens is 725 g/mol. The van der Waals surface area contributed by atoms with Crippen molar-refractivity contribution in [2.24, 2.45) is 16.2 Å². The van der Waals surface area contributed by atoms with Crippen LogP contribution < -0.4 is 0 Å². The lowest BCUT2D eigenvalue weighted by atomic mass is 9.83. The number of ether oxygens (including phenoxy) is 6. The number of aryl methyl sites for hydroxylation is 4. The van der Waals surface area contributed by atoms with Crippen molar-refractivity contribution < 1.29 is 48.2 Å². The summed E-state index contributed by atoms with van der Waals surface area (Å²) in [5.74, 6) is 0.184. The van der Waals surface area contributed by atoms with Crippen molar-refractivity contribution in [3.05, 3.63) is 57.6 Å². The van der Waals surface area contributed by atoms with Gasteiger partial charge >= 0.3 is 11.9 Å². The number of aromatic hydroxyl groups is 2. The summed E-state index contributed by atoms with van der Waals surface area (Å²) in [6.07, 6.45) is 3.83. The van der Waals surface area contributed by atoms with Gasteiger partial charge in [0.05, 0.1) is 45.1 Å². The zero-order chi connectivity index (χ0) is 42.4. The average Bonchev–Trinajstić information content (AvgIpc) is 3.12. The van der Waals surface area contributed by atoms with E-state index >= 15 is 0 Å². The minimum atomic E-state index is -0.392. The van der Waals surface area contributed by atoms with E-state index in [1.165, 1.54) is 0 Å². The van der Waals surface area contributed by atoms with Crippen molar-refractivity contribution in [3.8, 4) is 11.5 Å². The van der Waals surface area contributed by atoms with Crippen LogP contribution in [-0.2, 0) is 61.7 Å². The fraction of sp³-hybridized carbons (Fsp3) is 0.702. The van der Waals surface area contributed by atoms with Crippen LogP contribution in [0.5, 0.6) is 11.5 Å². The first kappa shape index (κ1) is 46.5. The van der Waals surface area contributed by atoms with Gasteiger partial charge in [-0.05, 0) is 96.6 Å². The molecule has 2 aromatic carbocycles. The van der Waals surface area contributed by atoms with Gasteiger partial charge < -0.3 is 38.6 Å². The smallest absolute Gasteiger partial charge is 0.306 e. The van der Waals surface area contributed by atoms with Crippen LogP contribution in [0.15, 0.2) is 24.3 Å². The maximum atomic E-state index is 12.6. The molecule has 2 aromatic rings. The predicted molar refractivity (Wildman–Crippen MR) is 221 cm³/mol. The van der Waals surface area contributed by atoms with E-state index in [0.29, 0.717) is 76.8 Å². The molecule has 2 aliphatic heterocycles. The Morgan fingerprint density at radius 3 is 1.26 bits per heavy atom. The molecule has 2 N–H and O–H groups in total. The Morgan fingerprint density at radius 2 is 0.947 bits per heavy atom. The summed E-state index contributed by atoms with van der Waals surface area (Å²) in [5.41, 5.74) is 4.11. The van der Waals surface area contributed by atoms with E-state index in [1.54, 1.807) is 0 Å². The number of benzene rings is 2. The van der Waals surface area contributed by atoms with E-state index in [2.05, 4.69) is 69.2 Å². The molecular formula is C47H72O10. The van der Waals surface area contributed by atoms with Crippen molar-refractivity contribution in [1.29, 1.82) is 0 Å². The summed E-state index contributed by atoms with van der Waals surface area (Å²) in [7, 11) is 0. The molecule has 2 aliphatic rings. The van der Waals surface area contributed by atoms with Gasteiger partial charge in [-0.2, -0.15) is 0 Å². The summed E-state index contributed by atoms with van der Waals surface area (Å²) in [6.45, 7) is 27.2. The molecule has 4 rings (SSSR count). The largest absolute Gasteiger partial charge is 0.507 e. The van der Waals surface area contributed by atoms with Crippen molar-refractivity contribution in [3.63, 3.8) is 0 Å². The number of hydrogen-bond donors (Lipinski definition) is 2. The second-order valence-electron chi connectivity index (χ2n) is 20.2. The zero-order valence-corrected chi connectivity index (χ0v) is 37.0. The standard InChI is InChI=1S/C47H72O10/c1-31-23-33(25-35(39(31)50)43(3,4)5)15-17-37(48)52-21-13-19-45(9,10)41-54-27-47(28-55-41)29-56-42(57-30-47)46(11,12)20-14-22-53-38(49)18-16-34-24-32(2)40(51)36(26-34)44(6,7)8/h23-26,41-42,50-51H,13-22,27-30H2,1-12H3. The van der Waals surface area contributed by atoms with Crippen LogP contribution in [0.3, 0.4) is 0 Å². The second kappa shape index (κ2) is 18.8. The number of carbonyl (C=O) groups excluding carboxylic acids is 2. The number of hydrogen-bond acceptors (Lipinski definition) is 10. The van der Waals surface area contributed by atoms with Crippen LogP contribution >= 0.6 is 0 Å². The Hall–Kier alpha value is -3.18. The van der Waals surface area contributed by atoms with Crippen LogP contribution in [0.1, 0.15) is 141 Å². The van der Waals surface area contributed by atoms with Gasteiger partial charge in [-0.25, -0.2) is 0 Å². The maximum Gasteiger partial charge on any atom is 0.306 e. The van der Waals surface area contributed by atoms with Gasteiger partial charge in [0.15, 0.2) is 12.6 Å². The fourth-order valence-electron chi connectivity index (χ4n) is 7.70. The molecule has 0 bridgehead atoms. The van der Waals surface area contributed by atoms with Gasteiger partial charge in [0.1, 0.15) is 11.5 Å². The second-order valence-corrected chi connectivity index (χ2v) is 20.2. The molecule has 0 unspecified atom stereocenters. The van der Waals surface area contributed by atoms with Crippen LogP contribution in [0.2, 0.25) is 0 Å². The topological polar surface area (TPSA) is 130 Å². The summed E-state index contributed by atoms with van der Waals surface area (Å²) in [5, 5.41) is 21.0. The number of rotatable bonds is 16. The molecule has 2 saturated heterocycles. The minimum Gasteiger partial charge on any atom is -0.507 e. The third kappa shape index (κ3) is 12.9. The van der Waals surface area contributed by atoms with Gasteiger partial charge in [0.2, 0.25) is 0 Å². The minimum absolute atomic E-state index is 0.194. The first-order valence-electron chi connectivity index (χ1n) is 20.9. The van der Waals surface area contributed by atoms with Gasteiger partial charge in [-0.3, -0.25) is 9.59 Å². The monoisotopic (exact) mass is 797 g/mol. The molecule has 0 radical (unpaired) electrons. The summed E-state index contributed by atoms with van der Waals surface area (Å²) < 4.78 is 36.3. The molecule has 1 spiro atoms. The molecule has 10 heteroatoms. The normalized spacial score (nSPS) is 20.8. The van der Waals surface area contributed by atoms with E-state index in [1.807, 2.05) is 38.1 Å². The maximum absolute atomic E-state index is 12.6. The van der Waals surface area contributed by atoms with Crippen LogP contribution in [-0.4, -0.2) is 74.4 Å². The highest BCUT2D eigenvalue weighted by Gasteiger charge is 2.47. The first-order chi connectivity index (χ1) is 26.4. The van der Waals surface area contributed by atoms with Crippen LogP contribution in [0, 0.1) is 30.1 Å². The number of esters is 2. The number of phenols is 2. The van der Waals surface area contributed by atoms with Crippen LogP contribution in [0.25, 0.3) is 0 Å². The Kier molecular flexibility index (Phi) is 15.4. The Morgan fingerprint density at radius 1 is 0.614 bits per heavy atom. The molecule has 320 valence electrons. The molecule has 0 amide bonds. The van der Waals surface area contributed by atoms with E-state index in [-0.39, 0.29) is 51.9 Å². The number of carbonyl (C=O) groups is 2. The summed E-state index contributed by atoms with van der Waals surface area (Å²) in [6, 6.07) is 7.87. The van der Waals surface area contributed by atoms with E-state index in [4.69, 9.17) is 28.4 Å². The SMILES string of the molecule is Cc1cc(CCC(=O)OCCCC(C)(C)C2OCC3(CO2)COC(C(C)(C)CCCOC(=O)CCc2cc(C)c(O)c(C(C)(C)C)c2)OC3)cc(C(C)(C)C)c1O. The first-order valence-corrected chi connectivity index (χ1v) is 20.9. The molecule has 0 aromatic heterocycles. The molecule has 0 atom stereocenters. The highest BCUT2D eigenvalue weighted by atomic mass is 16.7. The Labute approximate surface area is 342 Å². The zero-order valence-electron chi connectivity index (χ0n) is 37.0. The van der Waals surface area contributed by atoms with Crippen molar-refractivity contribution in [2.45, 2.75) is 158 Å². The van der Waals surface area contributed by atoms with Crippen molar-refractivity contribution in [2.75, 3.05) is 39.6 Å². The lowest BCUT2D eigenvalue weighted by Gasteiger charge is -2.49. The fourth-order valence-corrected chi connectivity index (χ4v) is 7.70. The molecule has 2 fully saturated rings. The quantitative estimate of drug-likeness (QED) is 0.125. The highest BCUT2D eigenvalue weighted by Crippen LogP contribution is 2.41. The van der Waals surface area contributed by atoms with Crippen molar-refractivity contribution in [1.82, 2.24) is 0 Å². The third-order valence-electron chi connectivity index (χ3n) is 11.5. The highest BCUT2D eigenvalue weighted by molar-refractivity contribution is 5.70. The Balaban J connectivity index is 1.11. The summed E-state index contributed by atoms with van der Waals surface area (Å²) >= 11 is 0.